The molecular formula is C13H18N2O2. The van der Waals surface area contributed by atoms with Crippen LogP contribution in [0.4, 0.5) is 5.69 Å². The number of nitrogens with one attached hydrogen (secondary N) is 1. The molecule has 0 bridgehead atoms. The summed E-state index contributed by atoms with van der Waals surface area (Å²) in [5.74, 6) is -0.0433. The number of carbonyl (C=O) groups excluding carboxylic acids is 1. The summed E-state index contributed by atoms with van der Waals surface area (Å²) in [4.78, 5) is 11.9. The molecule has 1 aromatic rings. The third-order valence-electron chi connectivity index (χ3n) is 3.04. The van der Waals surface area contributed by atoms with E-state index in [2.05, 4.69) is 5.32 Å². The maximum Gasteiger partial charge on any atom is 0.249 e. The Kier molecular flexibility index (Phi) is 3.64. The molecule has 92 valence electrons. The van der Waals surface area contributed by atoms with Crippen LogP contribution in [0.5, 0.6) is 0 Å². The molecule has 0 spiro atoms. The van der Waals surface area contributed by atoms with Gasteiger partial charge in [-0.1, -0.05) is 18.2 Å². The Balaban J connectivity index is 1.99. The van der Waals surface area contributed by atoms with Crippen molar-refractivity contribution in [1.82, 2.24) is 5.32 Å². The number of rotatable bonds is 3. The van der Waals surface area contributed by atoms with Crippen LogP contribution in [-0.4, -0.2) is 18.6 Å². The molecule has 1 heterocycles. The first-order valence-electron chi connectivity index (χ1n) is 5.95. The Hall–Kier alpha value is -1.55. The van der Waals surface area contributed by atoms with Gasteiger partial charge < -0.3 is 15.8 Å². The molecule has 1 fully saturated rings. The monoisotopic (exact) mass is 234 g/mol. The standard InChI is InChI=1S/C13H18N2O2/c1-9(10-5-2-3-6-11(10)14)15-13(16)12-7-4-8-17-12/h2-3,5-6,9,12H,4,7-8,14H2,1H3,(H,15,16). The van der Waals surface area contributed by atoms with Crippen LogP contribution in [0.1, 0.15) is 31.4 Å². The van der Waals surface area contributed by atoms with Crippen LogP contribution in [0.15, 0.2) is 24.3 Å². The van der Waals surface area contributed by atoms with Gasteiger partial charge in [0.05, 0.1) is 6.04 Å². The van der Waals surface area contributed by atoms with Crippen molar-refractivity contribution >= 4 is 11.6 Å². The van der Waals surface area contributed by atoms with E-state index in [0.717, 1.165) is 18.4 Å². The van der Waals surface area contributed by atoms with Crippen molar-refractivity contribution in [3.8, 4) is 0 Å². The van der Waals surface area contributed by atoms with Gasteiger partial charge in [0.1, 0.15) is 6.10 Å². The number of nitrogens with two attached hydrogens (primary N) is 1. The van der Waals surface area contributed by atoms with E-state index in [1.54, 1.807) is 0 Å². The summed E-state index contributed by atoms with van der Waals surface area (Å²) in [6, 6.07) is 7.47. The van der Waals surface area contributed by atoms with E-state index < -0.39 is 0 Å². The average molecular weight is 234 g/mol. The van der Waals surface area contributed by atoms with Crippen molar-refractivity contribution in [1.29, 1.82) is 0 Å². The molecule has 0 radical (unpaired) electrons. The van der Waals surface area contributed by atoms with Crippen molar-refractivity contribution in [2.24, 2.45) is 0 Å². The molecule has 2 atom stereocenters. The molecule has 1 aliphatic heterocycles. The van der Waals surface area contributed by atoms with Crippen LogP contribution in [0.2, 0.25) is 0 Å². The zero-order chi connectivity index (χ0) is 12.3. The predicted molar refractivity (Wildman–Crippen MR) is 66.4 cm³/mol. The summed E-state index contributed by atoms with van der Waals surface area (Å²) in [5.41, 5.74) is 7.51. The number of carbonyl (C=O) groups is 1. The highest BCUT2D eigenvalue weighted by atomic mass is 16.5. The molecule has 1 aromatic carbocycles. The lowest BCUT2D eigenvalue weighted by Crippen LogP contribution is -2.36. The number of para-hydroxylation sites is 1. The average Bonchev–Trinajstić information content (AvgIpc) is 2.82. The van der Waals surface area contributed by atoms with Gasteiger partial charge in [-0.05, 0) is 31.4 Å². The maximum atomic E-state index is 11.9. The van der Waals surface area contributed by atoms with Gasteiger partial charge in [-0.15, -0.1) is 0 Å². The lowest BCUT2D eigenvalue weighted by Gasteiger charge is -2.18. The Labute approximate surface area is 101 Å². The molecule has 2 unspecified atom stereocenters. The number of hydrogen-bond donors (Lipinski definition) is 2. The largest absolute Gasteiger partial charge is 0.398 e. The first-order valence-corrected chi connectivity index (χ1v) is 5.95. The van der Waals surface area contributed by atoms with Gasteiger partial charge in [-0.3, -0.25) is 4.79 Å². The predicted octanol–water partition coefficient (Wildman–Crippen LogP) is 1.62. The zero-order valence-electron chi connectivity index (χ0n) is 9.98. The topological polar surface area (TPSA) is 64.3 Å². The first-order chi connectivity index (χ1) is 8.18. The summed E-state index contributed by atoms with van der Waals surface area (Å²) in [6.45, 7) is 2.61. The number of ether oxygens (including phenoxy) is 1. The SMILES string of the molecule is CC(NC(=O)C1CCCO1)c1ccccc1N. The fraction of sp³-hybridized carbons (Fsp3) is 0.462. The van der Waals surface area contributed by atoms with Gasteiger partial charge in [0.25, 0.3) is 0 Å². The van der Waals surface area contributed by atoms with Gasteiger partial charge >= 0.3 is 0 Å². The van der Waals surface area contributed by atoms with E-state index in [9.17, 15) is 4.79 Å². The van der Waals surface area contributed by atoms with Crippen molar-refractivity contribution in [2.45, 2.75) is 31.9 Å². The van der Waals surface area contributed by atoms with E-state index in [0.29, 0.717) is 12.3 Å². The van der Waals surface area contributed by atoms with Crippen LogP contribution in [0.3, 0.4) is 0 Å². The Bertz CT molecular complexity index is 400. The maximum absolute atomic E-state index is 11.9. The summed E-state index contributed by atoms with van der Waals surface area (Å²) in [5, 5.41) is 2.94. The summed E-state index contributed by atoms with van der Waals surface area (Å²) in [7, 11) is 0. The number of anilines is 1. The summed E-state index contributed by atoms with van der Waals surface area (Å²) < 4.78 is 5.34. The molecule has 4 heteroatoms. The van der Waals surface area contributed by atoms with E-state index in [1.807, 2.05) is 31.2 Å². The second-order valence-electron chi connectivity index (χ2n) is 4.36. The Morgan fingerprint density at radius 2 is 2.29 bits per heavy atom. The first kappa shape index (κ1) is 11.9. The Morgan fingerprint density at radius 1 is 1.53 bits per heavy atom. The van der Waals surface area contributed by atoms with Crippen LogP contribution in [0.25, 0.3) is 0 Å². The van der Waals surface area contributed by atoms with Gasteiger partial charge in [0.15, 0.2) is 0 Å². The van der Waals surface area contributed by atoms with Crippen molar-refractivity contribution in [3.05, 3.63) is 29.8 Å². The molecule has 1 aliphatic rings. The molecular weight excluding hydrogens is 216 g/mol. The number of nitrogen functional groups attached to an aromatic ring is 1. The minimum absolute atomic E-state index is 0.0433. The van der Waals surface area contributed by atoms with Crippen molar-refractivity contribution < 1.29 is 9.53 Å². The molecule has 4 nitrogen and oxygen atoms in total. The molecule has 1 saturated heterocycles. The fourth-order valence-electron chi connectivity index (χ4n) is 2.07. The van der Waals surface area contributed by atoms with Gasteiger partial charge in [0.2, 0.25) is 5.91 Å². The molecule has 3 N–H and O–H groups in total. The summed E-state index contributed by atoms with van der Waals surface area (Å²) >= 11 is 0. The lowest BCUT2D eigenvalue weighted by molar-refractivity contribution is -0.130. The minimum Gasteiger partial charge on any atom is -0.398 e. The third-order valence-corrected chi connectivity index (χ3v) is 3.04. The molecule has 1 amide bonds. The van der Waals surface area contributed by atoms with Gasteiger partial charge in [-0.2, -0.15) is 0 Å². The van der Waals surface area contributed by atoms with Crippen LogP contribution < -0.4 is 11.1 Å². The second kappa shape index (κ2) is 5.19. The highest BCUT2D eigenvalue weighted by molar-refractivity contribution is 5.81. The Morgan fingerprint density at radius 3 is 2.94 bits per heavy atom. The fourth-order valence-corrected chi connectivity index (χ4v) is 2.07. The van der Waals surface area contributed by atoms with Crippen molar-refractivity contribution in [3.63, 3.8) is 0 Å². The quantitative estimate of drug-likeness (QED) is 0.781. The molecule has 2 rings (SSSR count). The molecule has 0 aliphatic carbocycles. The van der Waals surface area contributed by atoms with Crippen molar-refractivity contribution in [2.75, 3.05) is 12.3 Å². The normalized spacial score (nSPS) is 21.1. The highest BCUT2D eigenvalue weighted by Gasteiger charge is 2.25. The van der Waals surface area contributed by atoms with Crippen LogP contribution in [-0.2, 0) is 9.53 Å². The highest BCUT2D eigenvalue weighted by Crippen LogP contribution is 2.20. The lowest BCUT2D eigenvalue weighted by atomic mass is 10.1. The third kappa shape index (κ3) is 2.77. The van der Waals surface area contributed by atoms with E-state index in [4.69, 9.17) is 10.5 Å². The smallest absolute Gasteiger partial charge is 0.249 e. The van der Waals surface area contributed by atoms with E-state index in [-0.39, 0.29) is 18.1 Å². The summed E-state index contributed by atoms with van der Waals surface area (Å²) in [6.07, 6.45) is 1.48. The van der Waals surface area contributed by atoms with Gasteiger partial charge in [-0.25, -0.2) is 0 Å². The second-order valence-corrected chi connectivity index (χ2v) is 4.36. The molecule has 0 aromatic heterocycles. The minimum atomic E-state index is -0.289. The number of hydrogen-bond acceptors (Lipinski definition) is 3. The van der Waals surface area contributed by atoms with E-state index >= 15 is 0 Å². The zero-order valence-corrected chi connectivity index (χ0v) is 9.98. The van der Waals surface area contributed by atoms with E-state index in [1.165, 1.54) is 0 Å². The number of amides is 1. The molecule has 17 heavy (non-hydrogen) atoms. The van der Waals surface area contributed by atoms with Crippen LogP contribution in [0, 0.1) is 0 Å². The van der Waals surface area contributed by atoms with Crippen LogP contribution >= 0.6 is 0 Å². The van der Waals surface area contributed by atoms with Gasteiger partial charge in [0, 0.05) is 12.3 Å². The molecule has 0 saturated carbocycles. The number of benzene rings is 1.